The Hall–Kier alpha value is -4.83. The number of carbonyl (C=O) groups excluding carboxylic acids is 1. The van der Waals surface area contributed by atoms with Gasteiger partial charge in [-0.25, -0.2) is 0 Å². The number of carbonyl (C=O) groups is 1. The molecule has 2 heterocycles. The van der Waals surface area contributed by atoms with Crippen molar-refractivity contribution in [1.29, 1.82) is 0 Å². The molecule has 45 heavy (non-hydrogen) atoms. The van der Waals surface area contributed by atoms with Gasteiger partial charge in [-0.05, 0) is 83.1 Å². The van der Waals surface area contributed by atoms with E-state index >= 15 is 4.79 Å². The lowest BCUT2D eigenvalue weighted by Crippen LogP contribution is -2.43. The van der Waals surface area contributed by atoms with Crippen molar-refractivity contribution in [3.05, 3.63) is 159 Å². The van der Waals surface area contributed by atoms with Crippen LogP contribution in [0.4, 0.5) is 5.69 Å². The van der Waals surface area contributed by atoms with Gasteiger partial charge in [-0.1, -0.05) is 102 Å². The second-order valence-electron chi connectivity index (χ2n) is 12.0. The first kappa shape index (κ1) is 26.6. The van der Waals surface area contributed by atoms with Crippen LogP contribution in [0, 0.1) is 6.92 Å². The highest BCUT2D eigenvalue weighted by atomic mass is 35.5. The van der Waals surface area contributed by atoms with Crippen molar-refractivity contribution in [2.75, 3.05) is 4.90 Å². The quantitative estimate of drug-likeness (QED) is 0.197. The molecule has 9 rings (SSSR count). The molecule has 1 atom stereocenters. The number of hydrogen-bond acceptors (Lipinski definition) is 2. The fraction of sp³-hybridized carbons (Fsp3) is 0.0750. The molecule has 0 saturated heterocycles. The van der Waals surface area contributed by atoms with Crippen LogP contribution in [0.25, 0.3) is 44.2 Å². The number of hydrogen-bond donors (Lipinski definition) is 0. The number of furan rings is 1. The van der Waals surface area contributed by atoms with E-state index in [2.05, 4.69) is 55.5 Å². The summed E-state index contributed by atoms with van der Waals surface area (Å²) in [5.41, 5.74) is 8.12. The van der Waals surface area contributed by atoms with Crippen LogP contribution in [0.5, 0.6) is 0 Å². The summed E-state index contributed by atoms with van der Waals surface area (Å²) < 4.78 is 7.00. The van der Waals surface area contributed by atoms with Gasteiger partial charge >= 0.3 is 0 Å². The second-order valence-corrected chi connectivity index (χ2v) is 12.9. The lowest BCUT2D eigenvalue weighted by Gasteiger charge is -2.36. The van der Waals surface area contributed by atoms with E-state index in [4.69, 9.17) is 27.6 Å². The molecule has 2 aliphatic rings. The first-order valence-electron chi connectivity index (χ1n) is 15.0. The van der Waals surface area contributed by atoms with Gasteiger partial charge in [-0.3, -0.25) is 4.79 Å². The molecule has 1 spiro atoms. The SMILES string of the molecule is Cc1ccc2c(c1)[C@@]1(C(=O)N(Cc3ccccc3)c3ccc(Cl)cc31)c1c(-c3ccc(Cl)cc3)oc3c1c-2cc1ccccc13. The summed E-state index contributed by atoms with van der Waals surface area (Å²) in [6.07, 6.45) is 0. The van der Waals surface area contributed by atoms with E-state index in [1.807, 2.05) is 77.7 Å². The molecule has 1 amide bonds. The van der Waals surface area contributed by atoms with Crippen LogP contribution in [0.1, 0.15) is 27.8 Å². The molecule has 5 heteroatoms. The van der Waals surface area contributed by atoms with Crippen LogP contribution in [0.3, 0.4) is 0 Å². The molecule has 0 saturated carbocycles. The molecule has 0 radical (unpaired) electrons. The van der Waals surface area contributed by atoms with E-state index in [9.17, 15) is 0 Å². The van der Waals surface area contributed by atoms with Crippen LogP contribution in [-0.4, -0.2) is 5.91 Å². The number of anilines is 1. The van der Waals surface area contributed by atoms with E-state index < -0.39 is 5.41 Å². The molecule has 1 aromatic heterocycles. The van der Waals surface area contributed by atoms with Crippen molar-refractivity contribution in [2.24, 2.45) is 0 Å². The summed E-state index contributed by atoms with van der Waals surface area (Å²) in [7, 11) is 0. The molecule has 7 aromatic rings. The maximum Gasteiger partial charge on any atom is 0.247 e. The molecule has 3 nitrogen and oxygen atoms in total. The van der Waals surface area contributed by atoms with E-state index in [-0.39, 0.29) is 5.91 Å². The Balaban J connectivity index is 1.48. The number of aryl methyl sites for hydroxylation is 1. The molecular weight excluding hydrogens is 597 g/mol. The highest BCUT2D eigenvalue weighted by Gasteiger charge is 2.59. The average Bonchev–Trinajstić information content (AvgIpc) is 3.56. The highest BCUT2D eigenvalue weighted by Crippen LogP contribution is 2.62. The maximum absolute atomic E-state index is 15.6. The Kier molecular flexibility index (Phi) is 5.66. The standard InChI is InChI=1S/C40H25Cl2NO2/c1-23-11-17-30-31-20-26-9-5-6-10-29(26)38-35(31)36(37(45-38)25-12-14-27(41)15-13-25)40(32(30)19-23)33-21-28(42)16-18-34(33)43(39(40)44)22-24-7-3-2-4-8-24/h2-21H,22H2,1H3/t40-/m0/s1. The zero-order valence-corrected chi connectivity index (χ0v) is 25.8. The average molecular weight is 623 g/mol. The third kappa shape index (κ3) is 3.63. The summed E-state index contributed by atoms with van der Waals surface area (Å²) >= 11 is 13.2. The summed E-state index contributed by atoms with van der Waals surface area (Å²) in [6, 6.07) is 40.6. The predicted octanol–water partition coefficient (Wildman–Crippen LogP) is 10.7. The molecule has 1 aliphatic carbocycles. The van der Waals surface area contributed by atoms with Gasteiger partial charge in [0.2, 0.25) is 5.91 Å². The smallest absolute Gasteiger partial charge is 0.247 e. The van der Waals surface area contributed by atoms with Crippen LogP contribution >= 0.6 is 23.2 Å². The van der Waals surface area contributed by atoms with E-state index in [0.717, 1.165) is 71.9 Å². The van der Waals surface area contributed by atoms with Gasteiger partial charge in [0.1, 0.15) is 16.8 Å². The molecule has 0 bridgehead atoms. The topological polar surface area (TPSA) is 33.5 Å². The van der Waals surface area contributed by atoms with Gasteiger partial charge < -0.3 is 9.32 Å². The Morgan fingerprint density at radius 2 is 1.49 bits per heavy atom. The first-order chi connectivity index (χ1) is 21.9. The second kappa shape index (κ2) is 9.58. The van der Waals surface area contributed by atoms with Crippen LogP contribution < -0.4 is 4.90 Å². The van der Waals surface area contributed by atoms with Crippen LogP contribution in [-0.2, 0) is 16.8 Å². The molecule has 6 aromatic carbocycles. The molecule has 0 unspecified atom stereocenters. The van der Waals surface area contributed by atoms with Gasteiger partial charge in [0, 0.05) is 43.2 Å². The summed E-state index contributed by atoms with van der Waals surface area (Å²) in [5.74, 6) is 0.638. The Bertz CT molecular complexity index is 2360. The number of fused-ring (bicyclic) bond motifs is 8. The molecule has 0 N–H and O–H groups in total. The normalized spacial score (nSPS) is 16.5. The van der Waals surface area contributed by atoms with E-state index in [1.165, 1.54) is 0 Å². The fourth-order valence-electron chi connectivity index (χ4n) is 7.54. The minimum atomic E-state index is -1.20. The minimum absolute atomic E-state index is 0.0211. The van der Waals surface area contributed by atoms with Crippen molar-refractivity contribution in [2.45, 2.75) is 18.9 Å². The third-order valence-corrected chi connectivity index (χ3v) is 9.92. The molecule has 1 aliphatic heterocycles. The van der Waals surface area contributed by atoms with Gasteiger partial charge in [-0.2, -0.15) is 0 Å². The number of benzene rings is 6. The van der Waals surface area contributed by atoms with E-state index in [0.29, 0.717) is 22.4 Å². The number of nitrogens with zero attached hydrogens (tertiary/aromatic N) is 1. The Labute approximate surface area is 270 Å². The van der Waals surface area contributed by atoms with Crippen LogP contribution in [0.15, 0.2) is 126 Å². The summed E-state index contributed by atoms with van der Waals surface area (Å²) in [4.78, 5) is 17.5. The lowest BCUT2D eigenvalue weighted by atomic mass is 9.63. The molecule has 216 valence electrons. The predicted molar refractivity (Wildman–Crippen MR) is 183 cm³/mol. The zero-order chi connectivity index (χ0) is 30.4. The maximum atomic E-state index is 15.6. The minimum Gasteiger partial charge on any atom is -0.455 e. The molecule has 0 fully saturated rings. The van der Waals surface area contributed by atoms with Gasteiger partial charge in [0.15, 0.2) is 0 Å². The summed E-state index contributed by atoms with van der Waals surface area (Å²) in [6.45, 7) is 2.51. The first-order valence-corrected chi connectivity index (χ1v) is 15.7. The zero-order valence-electron chi connectivity index (χ0n) is 24.3. The van der Waals surface area contributed by atoms with Gasteiger partial charge in [0.05, 0.1) is 6.54 Å². The van der Waals surface area contributed by atoms with E-state index in [1.54, 1.807) is 0 Å². The van der Waals surface area contributed by atoms with Crippen LogP contribution in [0.2, 0.25) is 10.0 Å². The van der Waals surface area contributed by atoms with Crippen molar-refractivity contribution in [3.8, 4) is 22.5 Å². The Morgan fingerprint density at radius 3 is 2.31 bits per heavy atom. The monoisotopic (exact) mass is 621 g/mol. The third-order valence-electron chi connectivity index (χ3n) is 9.44. The van der Waals surface area contributed by atoms with Gasteiger partial charge in [0.25, 0.3) is 0 Å². The van der Waals surface area contributed by atoms with Crippen molar-refractivity contribution in [1.82, 2.24) is 0 Å². The number of halogens is 2. The summed E-state index contributed by atoms with van der Waals surface area (Å²) in [5, 5.41) is 4.25. The van der Waals surface area contributed by atoms with Gasteiger partial charge in [-0.15, -0.1) is 0 Å². The number of rotatable bonds is 3. The molecular formula is C40H25Cl2NO2. The number of amides is 1. The van der Waals surface area contributed by atoms with Crippen molar-refractivity contribution >= 4 is 56.5 Å². The largest absolute Gasteiger partial charge is 0.455 e. The van der Waals surface area contributed by atoms with Crippen molar-refractivity contribution < 1.29 is 9.21 Å². The lowest BCUT2D eigenvalue weighted by molar-refractivity contribution is -0.120. The highest BCUT2D eigenvalue weighted by molar-refractivity contribution is 6.32. The fourth-order valence-corrected chi connectivity index (χ4v) is 7.84. The Morgan fingerprint density at radius 1 is 0.733 bits per heavy atom. The van der Waals surface area contributed by atoms with Crippen molar-refractivity contribution in [3.63, 3.8) is 0 Å².